The third-order valence-corrected chi connectivity index (χ3v) is 4.07. The van der Waals surface area contributed by atoms with Crippen LogP contribution in [0.5, 0.6) is 0 Å². The molecule has 2 aromatic heterocycles. The lowest BCUT2D eigenvalue weighted by molar-refractivity contribution is 0.559. The third kappa shape index (κ3) is 3.18. The Balaban J connectivity index is 2.26. The molecule has 2 heterocycles. The van der Waals surface area contributed by atoms with Gasteiger partial charge in [-0.1, -0.05) is 30.6 Å². The van der Waals surface area contributed by atoms with Crippen LogP contribution in [0.15, 0.2) is 52.2 Å². The summed E-state index contributed by atoms with van der Waals surface area (Å²) in [6, 6.07) is 1.95. The molecule has 142 valence electrons. The van der Waals surface area contributed by atoms with Crippen molar-refractivity contribution in [1.29, 1.82) is 0 Å². The molecule has 6 nitrogen and oxygen atoms in total. The van der Waals surface area contributed by atoms with Crippen molar-refractivity contribution in [2.24, 2.45) is 14.1 Å². The Morgan fingerprint density at radius 1 is 1.21 bits per heavy atom. The zero-order valence-electron chi connectivity index (χ0n) is 15.5. The van der Waals surface area contributed by atoms with Crippen LogP contribution < -0.4 is 11.2 Å². The van der Waals surface area contributed by atoms with E-state index in [0.717, 1.165) is 16.7 Å². The first kappa shape index (κ1) is 19.0. The second kappa shape index (κ2) is 7.12. The lowest BCUT2D eigenvalue weighted by Gasteiger charge is -2.10. The fourth-order valence-electron chi connectivity index (χ4n) is 2.76. The van der Waals surface area contributed by atoms with Gasteiger partial charge in [0.1, 0.15) is 5.69 Å². The van der Waals surface area contributed by atoms with Gasteiger partial charge in [0.15, 0.2) is 17.2 Å². The van der Waals surface area contributed by atoms with Gasteiger partial charge in [0.05, 0.1) is 5.52 Å². The van der Waals surface area contributed by atoms with E-state index in [4.69, 9.17) is 0 Å². The van der Waals surface area contributed by atoms with Crippen LogP contribution in [-0.2, 0) is 14.1 Å². The first-order valence-electron chi connectivity index (χ1n) is 8.20. The molecule has 0 amide bonds. The van der Waals surface area contributed by atoms with Gasteiger partial charge in [-0.05, 0) is 24.6 Å². The van der Waals surface area contributed by atoms with Gasteiger partial charge >= 0.3 is 5.69 Å². The van der Waals surface area contributed by atoms with Gasteiger partial charge in [-0.3, -0.25) is 14.0 Å². The molecule has 0 aliphatic rings. The average molecular weight is 382 g/mol. The van der Waals surface area contributed by atoms with Crippen LogP contribution in [0.1, 0.15) is 12.5 Å². The van der Waals surface area contributed by atoms with Crippen LogP contribution >= 0.6 is 0 Å². The predicted molar refractivity (Wildman–Crippen MR) is 102 cm³/mol. The molecule has 0 saturated carbocycles. The first-order chi connectivity index (χ1) is 13.2. The number of hydrogen-bond acceptors (Lipinski definition) is 3. The minimum atomic E-state index is -1.08. The lowest BCUT2D eigenvalue weighted by atomic mass is 10.1. The number of halogens is 2. The fourth-order valence-corrected chi connectivity index (χ4v) is 2.76. The van der Waals surface area contributed by atoms with E-state index in [1.807, 2.05) is 0 Å². The summed E-state index contributed by atoms with van der Waals surface area (Å²) in [5.74, 6) is 3.20. The molecule has 3 aromatic rings. The van der Waals surface area contributed by atoms with E-state index in [1.54, 1.807) is 26.1 Å². The number of fused-ring (bicyclic) bond motifs is 1. The summed E-state index contributed by atoms with van der Waals surface area (Å²) in [6.45, 7) is 5.26. The van der Waals surface area contributed by atoms with E-state index >= 15 is 0 Å². The predicted octanol–water partition coefficient (Wildman–Crippen LogP) is 2.18. The maximum Gasteiger partial charge on any atom is 0.336 e. The Hall–Kier alpha value is -3.73. The largest absolute Gasteiger partial charge is 0.336 e. The van der Waals surface area contributed by atoms with Crippen LogP contribution in [-0.4, -0.2) is 18.9 Å². The van der Waals surface area contributed by atoms with Gasteiger partial charge in [-0.25, -0.2) is 18.1 Å². The van der Waals surface area contributed by atoms with E-state index in [0.29, 0.717) is 10.1 Å². The molecule has 0 atom stereocenters. The molecule has 8 heteroatoms. The molecule has 0 spiro atoms. The Morgan fingerprint density at radius 3 is 2.46 bits per heavy atom. The molecule has 28 heavy (non-hydrogen) atoms. The van der Waals surface area contributed by atoms with E-state index < -0.39 is 28.6 Å². The van der Waals surface area contributed by atoms with Crippen molar-refractivity contribution < 1.29 is 8.78 Å². The summed E-state index contributed by atoms with van der Waals surface area (Å²) in [5, 5.41) is 3.99. The SMILES string of the molecule is C=C/C=C(\C)C#Cc1cc(F)c(-n2c(=O)c3nn(C)cc3n(C)c2=O)c(F)c1. The van der Waals surface area contributed by atoms with Gasteiger partial charge in [-0.15, -0.1) is 0 Å². The molecule has 0 N–H and O–H groups in total. The van der Waals surface area contributed by atoms with Gasteiger partial charge < -0.3 is 0 Å². The second-order valence-electron chi connectivity index (χ2n) is 6.14. The molecule has 0 aliphatic heterocycles. The van der Waals surface area contributed by atoms with Crippen molar-refractivity contribution in [2.45, 2.75) is 6.92 Å². The molecule has 0 unspecified atom stereocenters. The maximum absolute atomic E-state index is 14.7. The molecular weight excluding hydrogens is 366 g/mol. The van der Waals surface area contributed by atoms with Crippen molar-refractivity contribution in [2.75, 3.05) is 0 Å². The zero-order valence-corrected chi connectivity index (χ0v) is 15.5. The molecule has 0 radical (unpaired) electrons. The van der Waals surface area contributed by atoms with Crippen LogP contribution in [0, 0.1) is 23.5 Å². The molecule has 3 rings (SSSR count). The van der Waals surface area contributed by atoms with Crippen molar-refractivity contribution >= 4 is 11.0 Å². The topological polar surface area (TPSA) is 61.8 Å². The zero-order chi connectivity index (χ0) is 20.6. The number of nitrogens with zero attached hydrogens (tertiary/aromatic N) is 4. The fraction of sp³-hybridized carbons (Fsp3) is 0.150. The van der Waals surface area contributed by atoms with Crippen molar-refractivity contribution in [1.82, 2.24) is 18.9 Å². The maximum atomic E-state index is 14.7. The van der Waals surface area contributed by atoms with Gasteiger partial charge in [0.2, 0.25) is 0 Å². The monoisotopic (exact) mass is 382 g/mol. The van der Waals surface area contributed by atoms with Crippen molar-refractivity contribution in [3.63, 3.8) is 0 Å². The third-order valence-electron chi connectivity index (χ3n) is 4.07. The minimum Gasteiger partial charge on any atom is -0.293 e. The summed E-state index contributed by atoms with van der Waals surface area (Å²) in [7, 11) is 2.97. The Morgan fingerprint density at radius 2 is 1.86 bits per heavy atom. The molecule has 0 saturated heterocycles. The molecule has 0 bridgehead atoms. The van der Waals surface area contributed by atoms with Crippen LogP contribution in [0.3, 0.4) is 0 Å². The number of aromatic nitrogens is 4. The van der Waals surface area contributed by atoms with Gasteiger partial charge in [-0.2, -0.15) is 5.10 Å². The number of allylic oxidation sites excluding steroid dienone is 3. The normalized spacial score (nSPS) is 11.4. The highest BCUT2D eigenvalue weighted by Crippen LogP contribution is 2.18. The molecular formula is C20H16F2N4O2. The first-order valence-corrected chi connectivity index (χ1v) is 8.20. The van der Waals surface area contributed by atoms with Crippen LogP contribution in [0.2, 0.25) is 0 Å². The van der Waals surface area contributed by atoms with E-state index in [9.17, 15) is 18.4 Å². The Kier molecular flexibility index (Phi) is 4.84. The summed E-state index contributed by atoms with van der Waals surface area (Å²) in [5.41, 5.74) is -1.63. The second-order valence-corrected chi connectivity index (χ2v) is 6.14. The highest BCUT2D eigenvalue weighted by atomic mass is 19.1. The highest BCUT2D eigenvalue weighted by Gasteiger charge is 2.21. The number of benzene rings is 1. The minimum absolute atomic E-state index is 0.0688. The van der Waals surface area contributed by atoms with E-state index in [2.05, 4.69) is 23.5 Å². The Bertz CT molecular complexity index is 1310. The standard InChI is InChI=1S/C20H16F2N4O2/c1-5-6-12(2)7-8-13-9-14(21)18(15(22)10-13)26-19(27)17-16(11-24(3)23-17)25(4)20(26)28/h5-6,9-11H,1H2,2-4H3/b12-6+. The van der Waals surface area contributed by atoms with Gasteiger partial charge in [0, 0.05) is 25.9 Å². The van der Waals surface area contributed by atoms with Gasteiger partial charge in [0.25, 0.3) is 5.56 Å². The quantitative estimate of drug-likeness (QED) is 0.504. The highest BCUT2D eigenvalue weighted by molar-refractivity contribution is 5.73. The molecule has 0 aliphatic carbocycles. The summed E-state index contributed by atoms with van der Waals surface area (Å²) in [4.78, 5) is 25.3. The number of hydrogen-bond donors (Lipinski definition) is 0. The Labute approximate surface area is 158 Å². The summed E-state index contributed by atoms with van der Waals surface area (Å²) in [6.07, 6.45) is 4.68. The van der Waals surface area contributed by atoms with Crippen LogP contribution in [0.4, 0.5) is 8.78 Å². The van der Waals surface area contributed by atoms with Crippen LogP contribution in [0.25, 0.3) is 16.7 Å². The summed E-state index contributed by atoms with van der Waals surface area (Å²) >= 11 is 0. The lowest BCUT2D eigenvalue weighted by Crippen LogP contribution is -2.38. The van der Waals surface area contributed by atoms with Crippen molar-refractivity contribution in [3.05, 3.63) is 80.7 Å². The average Bonchev–Trinajstić information content (AvgIpc) is 3.03. The van der Waals surface area contributed by atoms with E-state index in [-0.39, 0.29) is 16.6 Å². The summed E-state index contributed by atoms with van der Waals surface area (Å²) < 4.78 is 32.3. The molecule has 1 aromatic carbocycles. The molecule has 0 fully saturated rings. The smallest absolute Gasteiger partial charge is 0.293 e. The number of aryl methyl sites for hydroxylation is 2. The van der Waals surface area contributed by atoms with Crippen molar-refractivity contribution in [3.8, 4) is 17.5 Å². The number of rotatable bonds is 2. The van der Waals surface area contributed by atoms with E-state index in [1.165, 1.54) is 17.9 Å².